The molecular weight excluding hydrogens is 184 g/mol. The summed E-state index contributed by atoms with van der Waals surface area (Å²) < 4.78 is 4.85. The van der Waals surface area contributed by atoms with Gasteiger partial charge in [0.15, 0.2) is 0 Å². The number of nitrogens with one attached hydrogen (secondary N) is 1. The first-order valence-corrected chi connectivity index (χ1v) is 4.36. The molecule has 1 aromatic heterocycles. The summed E-state index contributed by atoms with van der Waals surface area (Å²) in [7, 11) is 0. The second-order valence-electron chi connectivity index (χ2n) is 3.50. The van der Waals surface area contributed by atoms with Crippen LogP contribution < -0.4 is 11.1 Å². The van der Waals surface area contributed by atoms with E-state index in [1.165, 1.54) is 0 Å². The van der Waals surface area contributed by atoms with Gasteiger partial charge in [0.25, 0.3) is 11.7 Å². The summed E-state index contributed by atoms with van der Waals surface area (Å²) >= 11 is 0. The monoisotopic (exact) mass is 198 g/mol. The Labute approximate surface area is 81.9 Å². The molecule has 0 spiro atoms. The number of hydrogen-bond acceptors (Lipinski definition) is 5. The van der Waals surface area contributed by atoms with E-state index in [1.54, 1.807) is 13.8 Å². The fourth-order valence-corrected chi connectivity index (χ4v) is 0.817. The van der Waals surface area contributed by atoms with Gasteiger partial charge in [0, 0.05) is 6.54 Å². The molecule has 1 heterocycles. The summed E-state index contributed by atoms with van der Waals surface area (Å²) in [6.07, 6.45) is 0. The van der Waals surface area contributed by atoms with E-state index in [4.69, 9.17) is 10.3 Å². The van der Waals surface area contributed by atoms with Crippen LogP contribution in [0.1, 0.15) is 37.3 Å². The Morgan fingerprint density at radius 1 is 1.64 bits per heavy atom. The fraction of sp³-hybridized carbons (Fsp3) is 0.625. The van der Waals surface area contributed by atoms with Crippen molar-refractivity contribution < 1.29 is 9.32 Å². The lowest BCUT2D eigenvalue weighted by molar-refractivity contribution is 0.0942. The summed E-state index contributed by atoms with van der Waals surface area (Å²) in [6.45, 7) is 5.78. The summed E-state index contributed by atoms with van der Waals surface area (Å²) in [5, 5.41) is 6.08. The maximum atomic E-state index is 11.2. The number of amides is 1. The molecule has 6 nitrogen and oxygen atoms in total. The second-order valence-corrected chi connectivity index (χ2v) is 3.50. The van der Waals surface area contributed by atoms with Crippen LogP contribution in [0.4, 0.5) is 0 Å². The van der Waals surface area contributed by atoms with E-state index in [0.29, 0.717) is 6.54 Å². The summed E-state index contributed by atoms with van der Waals surface area (Å²) in [6, 6.07) is 0. The third-order valence-electron chi connectivity index (χ3n) is 1.52. The Balaban J connectivity index is 2.83. The van der Waals surface area contributed by atoms with E-state index in [0.717, 1.165) is 0 Å². The molecule has 0 saturated carbocycles. The average molecular weight is 198 g/mol. The standard InChI is InChI=1S/C8H14N4O2/c1-4-10-6(13)5-11-7(14-12-5)8(2,3)9/h4,9H2,1-3H3,(H,10,13). The fourth-order valence-electron chi connectivity index (χ4n) is 0.817. The quantitative estimate of drug-likeness (QED) is 0.713. The van der Waals surface area contributed by atoms with E-state index in [-0.39, 0.29) is 17.6 Å². The van der Waals surface area contributed by atoms with Crippen LogP contribution in [0.5, 0.6) is 0 Å². The molecule has 1 aromatic rings. The number of carbonyl (C=O) groups excluding carboxylic acids is 1. The van der Waals surface area contributed by atoms with E-state index in [1.807, 2.05) is 6.92 Å². The van der Waals surface area contributed by atoms with Crippen molar-refractivity contribution in [3.05, 3.63) is 11.7 Å². The van der Waals surface area contributed by atoms with Gasteiger partial charge in [-0.1, -0.05) is 5.16 Å². The minimum absolute atomic E-state index is 0.0142. The van der Waals surface area contributed by atoms with Gasteiger partial charge in [-0.2, -0.15) is 4.98 Å². The zero-order valence-corrected chi connectivity index (χ0v) is 8.50. The predicted molar refractivity (Wildman–Crippen MR) is 49.5 cm³/mol. The number of nitrogens with zero attached hydrogens (tertiary/aromatic N) is 2. The molecule has 0 bridgehead atoms. The molecule has 0 aliphatic heterocycles. The normalized spacial score (nSPS) is 11.4. The molecule has 0 aliphatic rings. The summed E-state index contributed by atoms with van der Waals surface area (Å²) in [5.41, 5.74) is 4.99. The van der Waals surface area contributed by atoms with Gasteiger partial charge in [0.2, 0.25) is 5.89 Å². The lowest BCUT2D eigenvalue weighted by atomic mass is 10.1. The number of nitrogens with two attached hydrogens (primary N) is 1. The largest absolute Gasteiger partial charge is 0.349 e. The first-order valence-electron chi connectivity index (χ1n) is 4.36. The van der Waals surface area contributed by atoms with Gasteiger partial charge < -0.3 is 15.6 Å². The van der Waals surface area contributed by atoms with Crippen LogP contribution >= 0.6 is 0 Å². The van der Waals surface area contributed by atoms with Crippen LogP contribution in [-0.4, -0.2) is 22.6 Å². The number of hydrogen-bond donors (Lipinski definition) is 2. The van der Waals surface area contributed by atoms with Crippen LogP contribution in [0, 0.1) is 0 Å². The first kappa shape index (κ1) is 10.6. The molecule has 0 aromatic carbocycles. The van der Waals surface area contributed by atoms with Gasteiger partial charge in [0.1, 0.15) is 0 Å². The van der Waals surface area contributed by atoms with Gasteiger partial charge >= 0.3 is 0 Å². The van der Waals surface area contributed by atoms with Crippen molar-refractivity contribution >= 4 is 5.91 Å². The third-order valence-corrected chi connectivity index (χ3v) is 1.52. The van der Waals surface area contributed by atoms with E-state index < -0.39 is 5.54 Å². The molecule has 0 saturated heterocycles. The average Bonchev–Trinajstić information content (AvgIpc) is 2.51. The Hall–Kier alpha value is -1.43. The molecule has 0 fully saturated rings. The molecule has 0 atom stereocenters. The Morgan fingerprint density at radius 3 is 2.71 bits per heavy atom. The molecule has 3 N–H and O–H groups in total. The van der Waals surface area contributed by atoms with Gasteiger partial charge in [-0.25, -0.2) is 0 Å². The first-order chi connectivity index (χ1) is 6.45. The topological polar surface area (TPSA) is 94.0 Å². The predicted octanol–water partition coefficient (Wildman–Crippen LogP) is 0.0131. The Morgan fingerprint density at radius 2 is 2.29 bits per heavy atom. The van der Waals surface area contributed by atoms with Crippen molar-refractivity contribution in [3.8, 4) is 0 Å². The zero-order chi connectivity index (χ0) is 10.8. The van der Waals surface area contributed by atoms with E-state index in [9.17, 15) is 4.79 Å². The third kappa shape index (κ3) is 2.29. The van der Waals surface area contributed by atoms with E-state index in [2.05, 4.69) is 15.5 Å². The van der Waals surface area contributed by atoms with Crippen molar-refractivity contribution in [2.45, 2.75) is 26.3 Å². The number of carbonyl (C=O) groups is 1. The lowest BCUT2D eigenvalue weighted by Gasteiger charge is -2.10. The SMILES string of the molecule is CCNC(=O)c1noc(C(C)(C)N)n1. The maximum Gasteiger partial charge on any atom is 0.292 e. The Bertz CT molecular complexity index is 326. The highest BCUT2D eigenvalue weighted by Crippen LogP contribution is 2.13. The van der Waals surface area contributed by atoms with Crippen LogP contribution in [0.2, 0.25) is 0 Å². The van der Waals surface area contributed by atoms with Gasteiger partial charge in [-0.15, -0.1) is 0 Å². The highest BCUT2D eigenvalue weighted by Gasteiger charge is 2.24. The molecule has 0 aliphatic carbocycles. The van der Waals surface area contributed by atoms with Crippen molar-refractivity contribution in [1.29, 1.82) is 0 Å². The molecule has 0 unspecified atom stereocenters. The van der Waals surface area contributed by atoms with Crippen molar-refractivity contribution in [2.24, 2.45) is 5.73 Å². The van der Waals surface area contributed by atoms with Crippen LogP contribution in [0.25, 0.3) is 0 Å². The van der Waals surface area contributed by atoms with E-state index >= 15 is 0 Å². The van der Waals surface area contributed by atoms with Gasteiger partial charge in [0.05, 0.1) is 5.54 Å². The van der Waals surface area contributed by atoms with Crippen molar-refractivity contribution in [1.82, 2.24) is 15.5 Å². The van der Waals surface area contributed by atoms with Crippen LogP contribution in [0.15, 0.2) is 4.52 Å². The summed E-state index contributed by atoms with van der Waals surface area (Å²) in [5.74, 6) is -0.0918. The molecule has 14 heavy (non-hydrogen) atoms. The molecule has 6 heteroatoms. The highest BCUT2D eigenvalue weighted by atomic mass is 16.5. The minimum atomic E-state index is -0.724. The molecule has 78 valence electrons. The zero-order valence-electron chi connectivity index (χ0n) is 8.50. The molecular formula is C8H14N4O2. The lowest BCUT2D eigenvalue weighted by Crippen LogP contribution is -2.29. The minimum Gasteiger partial charge on any atom is -0.349 e. The maximum absolute atomic E-state index is 11.2. The molecule has 1 amide bonds. The molecule has 0 radical (unpaired) electrons. The van der Waals surface area contributed by atoms with Gasteiger partial charge in [-0.05, 0) is 20.8 Å². The Kier molecular flexibility index (Phi) is 2.85. The van der Waals surface area contributed by atoms with Crippen molar-refractivity contribution in [2.75, 3.05) is 6.54 Å². The van der Waals surface area contributed by atoms with Crippen LogP contribution in [0.3, 0.4) is 0 Å². The number of aromatic nitrogens is 2. The highest BCUT2D eigenvalue weighted by molar-refractivity contribution is 5.90. The molecule has 1 rings (SSSR count). The van der Waals surface area contributed by atoms with Gasteiger partial charge in [-0.3, -0.25) is 4.79 Å². The van der Waals surface area contributed by atoms with Crippen LogP contribution in [-0.2, 0) is 5.54 Å². The second kappa shape index (κ2) is 3.75. The summed E-state index contributed by atoms with van der Waals surface area (Å²) in [4.78, 5) is 15.1. The number of rotatable bonds is 3. The van der Waals surface area contributed by atoms with Crippen molar-refractivity contribution in [3.63, 3.8) is 0 Å². The smallest absolute Gasteiger partial charge is 0.292 e.